The van der Waals surface area contributed by atoms with Crippen LogP contribution in [0.5, 0.6) is 0 Å². The summed E-state index contributed by atoms with van der Waals surface area (Å²) < 4.78 is 0. The molecule has 0 saturated heterocycles. The van der Waals surface area contributed by atoms with E-state index in [0.29, 0.717) is 12.2 Å². The van der Waals surface area contributed by atoms with Crippen LogP contribution in [0, 0.1) is 0 Å². The standard InChI is InChI=1S/C12H22N4O.ClH/c1-12(2,3)10-8-9(14-15-10)11(17)16(5)7-6-13-4;/h8,13H,6-7H2,1-5H3,(H,14,15);1H. The molecule has 0 fully saturated rings. The SMILES string of the molecule is CNCCN(C)C(=O)c1cc(C(C)(C)C)[nH]n1.Cl. The molecule has 6 heteroatoms. The molecule has 18 heavy (non-hydrogen) atoms. The van der Waals surface area contributed by atoms with Gasteiger partial charge in [-0.2, -0.15) is 5.10 Å². The summed E-state index contributed by atoms with van der Waals surface area (Å²) in [7, 11) is 3.65. The van der Waals surface area contributed by atoms with Crippen molar-refractivity contribution in [2.24, 2.45) is 0 Å². The monoisotopic (exact) mass is 274 g/mol. The van der Waals surface area contributed by atoms with E-state index in [2.05, 4.69) is 36.3 Å². The molecule has 0 unspecified atom stereocenters. The minimum atomic E-state index is -0.0491. The summed E-state index contributed by atoms with van der Waals surface area (Å²) in [6.07, 6.45) is 0. The normalized spacial score (nSPS) is 10.9. The molecule has 0 bridgehead atoms. The Labute approximate surface area is 115 Å². The third-order valence-electron chi connectivity index (χ3n) is 2.65. The third kappa shape index (κ3) is 4.31. The van der Waals surface area contributed by atoms with Crippen LogP contribution in [0.15, 0.2) is 6.07 Å². The van der Waals surface area contributed by atoms with Crippen LogP contribution in [0.1, 0.15) is 37.0 Å². The Bertz CT molecular complexity index is 384. The summed E-state index contributed by atoms with van der Waals surface area (Å²) in [4.78, 5) is 13.7. The minimum absolute atomic E-state index is 0. The molecule has 0 aliphatic rings. The number of aromatic nitrogens is 2. The van der Waals surface area contributed by atoms with Crippen LogP contribution >= 0.6 is 12.4 Å². The molecule has 2 N–H and O–H groups in total. The van der Waals surface area contributed by atoms with Gasteiger partial charge in [-0.15, -0.1) is 12.4 Å². The van der Waals surface area contributed by atoms with Gasteiger partial charge in [-0.1, -0.05) is 20.8 Å². The summed E-state index contributed by atoms with van der Waals surface area (Å²) >= 11 is 0. The first-order valence-electron chi connectivity index (χ1n) is 5.82. The van der Waals surface area contributed by atoms with Crippen molar-refractivity contribution in [3.05, 3.63) is 17.5 Å². The van der Waals surface area contributed by atoms with Crippen LogP contribution < -0.4 is 5.32 Å². The molecular weight excluding hydrogens is 252 g/mol. The number of rotatable bonds is 4. The van der Waals surface area contributed by atoms with Gasteiger partial charge in [0.1, 0.15) is 5.69 Å². The van der Waals surface area contributed by atoms with Crippen molar-refractivity contribution >= 4 is 18.3 Å². The van der Waals surface area contributed by atoms with Crippen LogP contribution in [0.3, 0.4) is 0 Å². The Morgan fingerprint density at radius 3 is 2.56 bits per heavy atom. The average Bonchev–Trinajstić information content (AvgIpc) is 2.73. The molecule has 0 spiro atoms. The van der Waals surface area contributed by atoms with Gasteiger partial charge in [0.2, 0.25) is 0 Å². The van der Waals surface area contributed by atoms with Crippen molar-refractivity contribution in [3.63, 3.8) is 0 Å². The van der Waals surface area contributed by atoms with E-state index in [-0.39, 0.29) is 23.7 Å². The van der Waals surface area contributed by atoms with Crippen LogP contribution in [0.2, 0.25) is 0 Å². The summed E-state index contributed by atoms with van der Waals surface area (Å²) in [6.45, 7) is 7.70. The van der Waals surface area contributed by atoms with Crippen molar-refractivity contribution in [2.45, 2.75) is 26.2 Å². The Morgan fingerprint density at radius 2 is 2.11 bits per heavy atom. The van der Waals surface area contributed by atoms with E-state index >= 15 is 0 Å². The van der Waals surface area contributed by atoms with Crippen LogP contribution in [-0.2, 0) is 5.41 Å². The van der Waals surface area contributed by atoms with Crippen molar-refractivity contribution < 1.29 is 4.79 Å². The zero-order chi connectivity index (χ0) is 13.1. The highest BCUT2D eigenvalue weighted by molar-refractivity contribution is 5.92. The van der Waals surface area contributed by atoms with Crippen LogP contribution in [0.4, 0.5) is 0 Å². The largest absolute Gasteiger partial charge is 0.339 e. The van der Waals surface area contributed by atoms with Gasteiger partial charge >= 0.3 is 0 Å². The van der Waals surface area contributed by atoms with E-state index in [0.717, 1.165) is 12.2 Å². The van der Waals surface area contributed by atoms with E-state index in [9.17, 15) is 4.79 Å². The number of H-pyrrole nitrogens is 1. The Morgan fingerprint density at radius 1 is 1.50 bits per heavy atom. The zero-order valence-corrected chi connectivity index (χ0v) is 12.5. The molecular formula is C12H23ClN4O. The lowest BCUT2D eigenvalue weighted by molar-refractivity contribution is 0.0791. The maximum atomic E-state index is 12.0. The molecule has 104 valence electrons. The van der Waals surface area contributed by atoms with Gasteiger partial charge in [-0.05, 0) is 13.1 Å². The van der Waals surface area contributed by atoms with Crippen molar-refractivity contribution in [1.29, 1.82) is 0 Å². The van der Waals surface area contributed by atoms with Gasteiger partial charge in [-0.25, -0.2) is 0 Å². The lowest BCUT2D eigenvalue weighted by atomic mass is 9.92. The smallest absolute Gasteiger partial charge is 0.274 e. The van der Waals surface area contributed by atoms with Gasteiger partial charge < -0.3 is 10.2 Å². The zero-order valence-electron chi connectivity index (χ0n) is 11.7. The van der Waals surface area contributed by atoms with Crippen molar-refractivity contribution in [2.75, 3.05) is 27.2 Å². The summed E-state index contributed by atoms with van der Waals surface area (Å²) in [6, 6.07) is 1.83. The van der Waals surface area contributed by atoms with E-state index in [1.165, 1.54) is 0 Å². The maximum Gasteiger partial charge on any atom is 0.274 e. The molecule has 0 aliphatic heterocycles. The molecule has 0 aromatic carbocycles. The molecule has 1 aromatic heterocycles. The predicted octanol–water partition coefficient (Wildman–Crippen LogP) is 1.42. The molecule has 1 rings (SSSR count). The number of hydrogen-bond acceptors (Lipinski definition) is 3. The van der Waals surface area contributed by atoms with Crippen molar-refractivity contribution in [1.82, 2.24) is 20.4 Å². The Kier molecular flexibility index (Phi) is 6.35. The van der Waals surface area contributed by atoms with Gasteiger partial charge in [0.25, 0.3) is 5.91 Å². The number of nitrogens with one attached hydrogen (secondary N) is 2. The van der Waals surface area contributed by atoms with E-state index in [1.54, 1.807) is 11.9 Å². The van der Waals surface area contributed by atoms with Crippen LogP contribution in [-0.4, -0.2) is 48.2 Å². The number of likely N-dealkylation sites (N-methyl/N-ethyl adjacent to an activating group) is 2. The van der Waals surface area contributed by atoms with Gasteiger partial charge in [0, 0.05) is 31.2 Å². The minimum Gasteiger partial charge on any atom is -0.339 e. The highest BCUT2D eigenvalue weighted by atomic mass is 35.5. The van der Waals surface area contributed by atoms with E-state index in [4.69, 9.17) is 0 Å². The highest BCUT2D eigenvalue weighted by Crippen LogP contribution is 2.20. The predicted molar refractivity (Wildman–Crippen MR) is 75.4 cm³/mol. The van der Waals surface area contributed by atoms with Gasteiger partial charge in [-0.3, -0.25) is 9.89 Å². The molecule has 5 nitrogen and oxygen atoms in total. The number of amides is 1. The molecule has 1 amide bonds. The molecule has 1 heterocycles. The summed E-state index contributed by atoms with van der Waals surface area (Å²) in [5, 5.41) is 10.0. The summed E-state index contributed by atoms with van der Waals surface area (Å²) in [5.74, 6) is -0.0491. The summed E-state index contributed by atoms with van der Waals surface area (Å²) in [5.41, 5.74) is 1.44. The number of aromatic amines is 1. The number of halogens is 1. The Hall–Kier alpha value is -1.07. The number of carbonyl (C=O) groups excluding carboxylic acids is 1. The first-order valence-corrected chi connectivity index (χ1v) is 5.82. The number of nitrogens with zero attached hydrogens (tertiary/aromatic N) is 2. The highest BCUT2D eigenvalue weighted by Gasteiger charge is 2.20. The molecule has 0 saturated carbocycles. The lowest BCUT2D eigenvalue weighted by Crippen LogP contribution is -2.33. The van der Waals surface area contributed by atoms with E-state index < -0.39 is 0 Å². The molecule has 0 radical (unpaired) electrons. The number of hydrogen-bond donors (Lipinski definition) is 2. The first kappa shape index (κ1) is 16.9. The molecule has 0 atom stereocenters. The molecule has 1 aromatic rings. The first-order chi connectivity index (χ1) is 7.86. The van der Waals surface area contributed by atoms with Crippen molar-refractivity contribution in [3.8, 4) is 0 Å². The third-order valence-corrected chi connectivity index (χ3v) is 2.65. The second-order valence-corrected chi connectivity index (χ2v) is 5.25. The Balaban J connectivity index is 0.00000289. The maximum absolute atomic E-state index is 12.0. The van der Waals surface area contributed by atoms with E-state index in [1.807, 2.05) is 13.1 Å². The van der Waals surface area contributed by atoms with Gasteiger partial charge in [0.05, 0.1) is 0 Å². The molecule has 0 aliphatic carbocycles. The quantitative estimate of drug-likeness (QED) is 0.873. The second-order valence-electron chi connectivity index (χ2n) is 5.25. The number of carbonyl (C=O) groups is 1. The fraction of sp³-hybridized carbons (Fsp3) is 0.667. The topological polar surface area (TPSA) is 61.0 Å². The van der Waals surface area contributed by atoms with Gasteiger partial charge in [0.15, 0.2) is 0 Å². The second kappa shape index (κ2) is 6.75. The lowest BCUT2D eigenvalue weighted by Gasteiger charge is -2.16. The average molecular weight is 275 g/mol. The fourth-order valence-electron chi connectivity index (χ4n) is 1.39. The van der Waals surface area contributed by atoms with Crippen LogP contribution in [0.25, 0.3) is 0 Å². The fourth-order valence-corrected chi connectivity index (χ4v) is 1.39.